The van der Waals surface area contributed by atoms with Gasteiger partial charge in [-0.15, -0.1) is 0 Å². The van der Waals surface area contributed by atoms with Crippen LogP contribution in [0.25, 0.3) is 0 Å². The molecule has 0 aliphatic carbocycles. The van der Waals surface area contributed by atoms with Crippen molar-refractivity contribution in [1.82, 2.24) is 0 Å². The zero-order valence-corrected chi connectivity index (χ0v) is 10.2. The zero-order valence-electron chi connectivity index (χ0n) is 9.43. The number of fused-ring (bicyclic) bond motifs is 1. The lowest BCUT2D eigenvalue weighted by Crippen LogP contribution is -2.36. The van der Waals surface area contributed by atoms with E-state index in [4.69, 9.17) is 4.74 Å². The second kappa shape index (κ2) is 3.92. The maximum absolute atomic E-state index is 11.5. The first-order valence-electron chi connectivity index (χ1n) is 4.88. The summed E-state index contributed by atoms with van der Waals surface area (Å²) in [6, 6.07) is 4.93. The lowest BCUT2D eigenvalue weighted by Gasteiger charge is -2.28. The molecule has 1 N–H and O–H groups in total. The van der Waals surface area contributed by atoms with Crippen LogP contribution < -0.4 is 14.4 Å². The summed E-state index contributed by atoms with van der Waals surface area (Å²) < 4.78 is 30.0. The van der Waals surface area contributed by atoms with E-state index in [1.54, 1.807) is 25.2 Å². The molecule has 17 heavy (non-hydrogen) atoms. The molecule has 1 aliphatic heterocycles. The van der Waals surface area contributed by atoms with Crippen LogP contribution in [0.15, 0.2) is 18.2 Å². The fourth-order valence-corrected chi connectivity index (χ4v) is 2.19. The van der Waals surface area contributed by atoms with Gasteiger partial charge in [-0.05, 0) is 12.1 Å². The molecule has 0 radical (unpaired) electrons. The quantitative estimate of drug-likeness (QED) is 0.831. The van der Waals surface area contributed by atoms with Gasteiger partial charge >= 0.3 is 0 Å². The summed E-state index contributed by atoms with van der Waals surface area (Å²) >= 11 is 0. The minimum absolute atomic E-state index is 0.0359. The standard InChI is InChI=1S/C10H12N2O4S/c1-12-9(13)6-16-8-5-3-4-7(10(8)12)11-17(2,14)15/h3-5,11H,6H2,1-2H3. The third kappa shape index (κ3) is 2.33. The van der Waals surface area contributed by atoms with Crippen molar-refractivity contribution < 1.29 is 17.9 Å². The van der Waals surface area contributed by atoms with Gasteiger partial charge in [0, 0.05) is 7.05 Å². The summed E-state index contributed by atoms with van der Waals surface area (Å²) in [4.78, 5) is 12.9. The van der Waals surface area contributed by atoms with E-state index < -0.39 is 10.0 Å². The summed E-state index contributed by atoms with van der Waals surface area (Å²) in [5, 5.41) is 0. The zero-order chi connectivity index (χ0) is 12.6. The monoisotopic (exact) mass is 256 g/mol. The number of para-hydroxylation sites is 1. The highest BCUT2D eigenvalue weighted by molar-refractivity contribution is 7.92. The van der Waals surface area contributed by atoms with Crippen LogP contribution in [0.1, 0.15) is 0 Å². The van der Waals surface area contributed by atoms with Gasteiger partial charge in [-0.2, -0.15) is 0 Å². The fraction of sp³-hybridized carbons (Fsp3) is 0.300. The van der Waals surface area contributed by atoms with Crippen molar-refractivity contribution in [2.45, 2.75) is 0 Å². The number of hydrogen-bond acceptors (Lipinski definition) is 4. The average molecular weight is 256 g/mol. The molecular weight excluding hydrogens is 244 g/mol. The van der Waals surface area contributed by atoms with E-state index in [1.807, 2.05) is 0 Å². The number of likely N-dealkylation sites (N-methyl/N-ethyl adjacent to an activating group) is 1. The van der Waals surface area contributed by atoms with E-state index >= 15 is 0 Å². The Bertz CT molecular complexity index is 568. The first-order chi connectivity index (χ1) is 7.88. The smallest absolute Gasteiger partial charge is 0.264 e. The second-order valence-corrected chi connectivity index (χ2v) is 5.52. The van der Waals surface area contributed by atoms with Gasteiger partial charge in [0.2, 0.25) is 10.0 Å². The van der Waals surface area contributed by atoms with E-state index in [-0.39, 0.29) is 12.5 Å². The molecule has 7 heteroatoms. The number of anilines is 2. The van der Waals surface area contributed by atoms with Gasteiger partial charge in [-0.25, -0.2) is 8.42 Å². The molecule has 1 amide bonds. The summed E-state index contributed by atoms with van der Waals surface area (Å²) in [5.41, 5.74) is 0.773. The molecule has 0 saturated carbocycles. The van der Waals surface area contributed by atoms with Gasteiger partial charge in [0.15, 0.2) is 6.61 Å². The Morgan fingerprint density at radius 2 is 2.12 bits per heavy atom. The lowest BCUT2D eigenvalue weighted by atomic mass is 10.2. The molecule has 1 aliphatic rings. The molecule has 0 unspecified atom stereocenters. The van der Waals surface area contributed by atoms with E-state index in [9.17, 15) is 13.2 Å². The van der Waals surface area contributed by atoms with E-state index in [0.29, 0.717) is 17.1 Å². The van der Waals surface area contributed by atoms with E-state index in [2.05, 4.69) is 4.72 Å². The van der Waals surface area contributed by atoms with Crippen LogP contribution in [0.3, 0.4) is 0 Å². The van der Waals surface area contributed by atoms with Gasteiger partial charge in [-0.3, -0.25) is 9.52 Å². The van der Waals surface area contributed by atoms with Crippen LogP contribution in [-0.2, 0) is 14.8 Å². The molecule has 0 spiro atoms. The molecule has 1 heterocycles. The molecule has 0 saturated heterocycles. The van der Waals surface area contributed by atoms with Crippen molar-refractivity contribution in [3.63, 3.8) is 0 Å². The molecule has 0 bridgehead atoms. The highest BCUT2D eigenvalue weighted by Crippen LogP contribution is 2.38. The first-order valence-corrected chi connectivity index (χ1v) is 6.78. The number of ether oxygens (including phenoxy) is 1. The van der Waals surface area contributed by atoms with E-state index in [0.717, 1.165) is 6.26 Å². The molecule has 0 aromatic heterocycles. The summed E-state index contributed by atoms with van der Waals surface area (Å²) in [7, 11) is -1.81. The minimum Gasteiger partial charge on any atom is -0.481 e. The topological polar surface area (TPSA) is 75.7 Å². The third-order valence-corrected chi connectivity index (χ3v) is 2.95. The Morgan fingerprint density at radius 1 is 1.41 bits per heavy atom. The number of amides is 1. The summed E-state index contributed by atoms with van der Waals surface area (Å²) in [6.45, 7) is -0.0359. The molecule has 0 fully saturated rings. The fourth-order valence-electron chi connectivity index (χ4n) is 1.63. The molecule has 2 rings (SSSR count). The highest BCUT2D eigenvalue weighted by atomic mass is 32.2. The number of nitrogens with zero attached hydrogens (tertiary/aromatic N) is 1. The van der Waals surface area contributed by atoms with Crippen molar-refractivity contribution >= 4 is 27.3 Å². The van der Waals surface area contributed by atoms with Crippen LogP contribution in [0, 0.1) is 0 Å². The van der Waals surface area contributed by atoms with Crippen LogP contribution in [0.2, 0.25) is 0 Å². The average Bonchev–Trinajstić information content (AvgIpc) is 2.21. The predicted octanol–water partition coefficient (Wildman–Crippen LogP) is 0.413. The number of nitrogens with one attached hydrogen (secondary N) is 1. The molecule has 6 nitrogen and oxygen atoms in total. The SMILES string of the molecule is CN1C(=O)COc2cccc(NS(C)(=O)=O)c21. The number of benzene rings is 1. The van der Waals surface area contributed by atoms with Crippen LogP contribution >= 0.6 is 0 Å². The van der Waals surface area contributed by atoms with Crippen molar-refractivity contribution in [2.24, 2.45) is 0 Å². The van der Waals surface area contributed by atoms with Crippen LogP contribution in [-0.4, -0.2) is 34.2 Å². The maximum Gasteiger partial charge on any atom is 0.264 e. The van der Waals surface area contributed by atoms with E-state index in [1.165, 1.54) is 4.90 Å². The first kappa shape index (κ1) is 11.7. The van der Waals surface area contributed by atoms with Gasteiger partial charge < -0.3 is 9.64 Å². The number of hydrogen-bond donors (Lipinski definition) is 1. The van der Waals surface area contributed by atoms with Gasteiger partial charge in [0.05, 0.1) is 11.9 Å². The number of carbonyl (C=O) groups is 1. The highest BCUT2D eigenvalue weighted by Gasteiger charge is 2.25. The van der Waals surface area contributed by atoms with Crippen LogP contribution in [0.4, 0.5) is 11.4 Å². The molecule has 1 aromatic carbocycles. The maximum atomic E-state index is 11.5. The van der Waals surface area contributed by atoms with Crippen LogP contribution in [0.5, 0.6) is 5.75 Å². The van der Waals surface area contributed by atoms with Crippen molar-refractivity contribution in [2.75, 3.05) is 29.5 Å². The van der Waals surface area contributed by atoms with Gasteiger partial charge in [-0.1, -0.05) is 6.07 Å². The normalized spacial score (nSPS) is 15.2. The summed E-state index contributed by atoms with van der Waals surface area (Å²) in [6.07, 6.45) is 1.05. The minimum atomic E-state index is -3.40. The van der Waals surface area contributed by atoms with Gasteiger partial charge in [0.1, 0.15) is 11.4 Å². The second-order valence-electron chi connectivity index (χ2n) is 3.77. The predicted molar refractivity (Wildman–Crippen MR) is 63.8 cm³/mol. The lowest BCUT2D eigenvalue weighted by molar-refractivity contribution is -0.120. The van der Waals surface area contributed by atoms with Crippen molar-refractivity contribution in [1.29, 1.82) is 0 Å². The Morgan fingerprint density at radius 3 is 2.76 bits per heavy atom. The van der Waals surface area contributed by atoms with Gasteiger partial charge in [0.25, 0.3) is 5.91 Å². The molecular formula is C10H12N2O4S. The Labute approximate surface area is 99.2 Å². The molecule has 1 aromatic rings. The molecule has 0 atom stereocenters. The van der Waals surface area contributed by atoms with Crippen molar-refractivity contribution in [3.05, 3.63) is 18.2 Å². The molecule has 92 valence electrons. The third-order valence-electron chi connectivity index (χ3n) is 2.36. The number of rotatable bonds is 2. The number of carbonyl (C=O) groups excluding carboxylic acids is 1. The largest absolute Gasteiger partial charge is 0.481 e. The summed E-state index contributed by atoms with van der Waals surface area (Å²) in [5.74, 6) is 0.265. The number of sulfonamides is 1. The Hall–Kier alpha value is -1.76. The van der Waals surface area contributed by atoms with Crippen molar-refractivity contribution in [3.8, 4) is 5.75 Å². The Balaban J connectivity index is 2.52. The Kier molecular flexibility index (Phi) is 2.70.